The third-order valence-corrected chi connectivity index (χ3v) is 11.4. The molecule has 0 saturated carbocycles. The largest absolute Gasteiger partial charge is 0.420 e. The van der Waals surface area contributed by atoms with Gasteiger partial charge in [-0.1, -0.05) is 84.9 Å². The molecule has 1 aliphatic rings. The number of hydrogen-bond donors (Lipinski definition) is 0. The van der Waals surface area contributed by atoms with Crippen LogP contribution < -0.4 is 26.2 Å². The number of oxazole rings is 1. The van der Waals surface area contributed by atoms with E-state index in [1.54, 1.807) is 0 Å². The van der Waals surface area contributed by atoms with Crippen LogP contribution in [0.2, 0.25) is 0 Å². The highest BCUT2D eigenvalue weighted by molar-refractivity contribution is 8.01. The molecule has 0 aliphatic carbocycles. The van der Waals surface area contributed by atoms with Crippen LogP contribution in [0.25, 0.3) is 0 Å². The van der Waals surface area contributed by atoms with E-state index in [0.29, 0.717) is 6.42 Å². The topological polar surface area (TPSA) is 29.3 Å². The Balaban J connectivity index is 1.64. The van der Waals surface area contributed by atoms with Crippen molar-refractivity contribution in [1.29, 1.82) is 0 Å². The Labute approximate surface area is 220 Å². The number of rotatable bonds is 7. The zero-order valence-electron chi connectivity index (χ0n) is 21.0. The normalized spacial score (nSPS) is 14.0. The van der Waals surface area contributed by atoms with Gasteiger partial charge < -0.3 is 9.32 Å². The van der Waals surface area contributed by atoms with Gasteiger partial charge >= 0.3 is 0 Å². The van der Waals surface area contributed by atoms with Crippen LogP contribution in [0.4, 0.5) is 5.88 Å². The van der Waals surface area contributed by atoms with Crippen molar-refractivity contribution in [3.63, 3.8) is 0 Å². The summed E-state index contributed by atoms with van der Waals surface area (Å²) in [5.41, 5.74) is 2.30. The molecule has 0 N–H and O–H groups in total. The molecule has 0 radical (unpaired) electrons. The molecule has 4 heteroatoms. The summed E-state index contributed by atoms with van der Waals surface area (Å²) in [6.45, 7) is 2.01. The molecule has 37 heavy (non-hydrogen) atoms. The molecule has 1 aliphatic heterocycles. The van der Waals surface area contributed by atoms with E-state index in [1.165, 1.54) is 40.7 Å². The first-order valence-corrected chi connectivity index (χ1v) is 15.0. The highest BCUT2D eigenvalue weighted by Crippen LogP contribution is 2.56. The maximum absolute atomic E-state index is 6.77. The highest BCUT2D eigenvalue weighted by atomic mass is 31.2. The van der Waals surface area contributed by atoms with Gasteiger partial charge in [-0.15, -0.1) is 0 Å². The first kappa shape index (κ1) is 23.7. The molecule has 0 spiro atoms. The van der Waals surface area contributed by atoms with Crippen molar-refractivity contribution < 1.29 is 4.42 Å². The maximum atomic E-state index is 6.77. The number of nitrogens with zero attached hydrogens (tertiary/aromatic N) is 2. The van der Waals surface area contributed by atoms with Gasteiger partial charge in [-0.3, -0.25) is 0 Å². The Morgan fingerprint density at radius 1 is 0.595 bits per heavy atom. The number of aromatic nitrogens is 1. The Morgan fingerprint density at radius 3 is 1.54 bits per heavy atom. The van der Waals surface area contributed by atoms with Crippen molar-refractivity contribution in [2.45, 2.75) is 25.7 Å². The molecule has 1 saturated heterocycles. The first-order valence-electron chi connectivity index (χ1n) is 13.2. The minimum absolute atomic E-state index is 0.681. The number of hydrogen-bond acceptors (Lipinski definition) is 3. The molecule has 1 aromatic heterocycles. The van der Waals surface area contributed by atoms with E-state index in [-0.39, 0.29) is 0 Å². The zero-order chi connectivity index (χ0) is 24.9. The van der Waals surface area contributed by atoms with Crippen LogP contribution in [-0.2, 0) is 6.42 Å². The third-order valence-electron chi connectivity index (χ3n) is 7.23. The summed E-state index contributed by atoms with van der Waals surface area (Å²) in [5.74, 6) is 1.74. The zero-order valence-corrected chi connectivity index (χ0v) is 21.9. The number of piperidine rings is 1. The minimum Gasteiger partial charge on any atom is -0.420 e. The fourth-order valence-corrected chi connectivity index (χ4v) is 9.70. The van der Waals surface area contributed by atoms with Gasteiger partial charge in [0.2, 0.25) is 5.89 Å². The molecule has 6 rings (SSSR count). The summed E-state index contributed by atoms with van der Waals surface area (Å²) in [5, 5.41) is 3.89. The van der Waals surface area contributed by atoms with Gasteiger partial charge in [0, 0.05) is 19.5 Å². The van der Waals surface area contributed by atoms with Crippen molar-refractivity contribution in [2.75, 3.05) is 18.0 Å². The molecule has 1 fully saturated rings. The van der Waals surface area contributed by atoms with Crippen molar-refractivity contribution in [1.82, 2.24) is 4.98 Å². The van der Waals surface area contributed by atoms with Gasteiger partial charge in [0.15, 0.2) is 7.26 Å². The lowest BCUT2D eigenvalue weighted by Crippen LogP contribution is -2.42. The quantitative estimate of drug-likeness (QED) is 0.260. The second kappa shape index (κ2) is 10.7. The van der Waals surface area contributed by atoms with E-state index < -0.39 is 7.26 Å². The van der Waals surface area contributed by atoms with Crippen molar-refractivity contribution in [2.24, 2.45) is 0 Å². The molecular weight excluding hydrogens is 471 g/mol. The monoisotopic (exact) mass is 503 g/mol. The molecule has 3 nitrogen and oxygen atoms in total. The fourth-order valence-electron chi connectivity index (χ4n) is 5.48. The molecular formula is C33H32N2OP+. The summed E-state index contributed by atoms with van der Waals surface area (Å²) < 4.78 is 6.77. The van der Waals surface area contributed by atoms with E-state index in [2.05, 4.69) is 126 Å². The van der Waals surface area contributed by atoms with Gasteiger partial charge in [-0.2, -0.15) is 4.98 Å². The third kappa shape index (κ3) is 4.61. The van der Waals surface area contributed by atoms with E-state index in [1.807, 2.05) is 0 Å². The van der Waals surface area contributed by atoms with E-state index in [4.69, 9.17) is 9.40 Å². The number of anilines is 1. The Hall–Kier alpha value is -3.68. The molecule has 184 valence electrons. The van der Waals surface area contributed by atoms with Crippen LogP contribution in [0.15, 0.2) is 126 Å². The van der Waals surface area contributed by atoms with E-state index >= 15 is 0 Å². The standard InChI is InChI=1S/C33H32N2OP/c1-6-16-27(17-7-1)26-31-34-32(33(36-31)35-24-14-5-15-25-35)37(28-18-8-2-9-19-28,29-20-10-3-11-21-29)30-22-12-4-13-23-30/h1-4,6-13,16-23H,5,14-15,24-26H2/q+1. The Bertz CT molecular complexity index is 1320. The summed E-state index contributed by atoms with van der Waals surface area (Å²) in [4.78, 5) is 7.87. The van der Waals surface area contributed by atoms with Gasteiger partial charge in [-0.25, -0.2) is 0 Å². The lowest BCUT2D eigenvalue weighted by atomic mass is 10.1. The molecule has 2 heterocycles. The van der Waals surface area contributed by atoms with Gasteiger partial charge in [0.1, 0.15) is 15.9 Å². The SMILES string of the molecule is c1ccc(Cc2nc([P+](c3ccccc3)(c3ccccc3)c3ccccc3)c(N3CCCCC3)o2)cc1. The molecule has 4 aromatic carbocycles. The van der Waals surface area contributed by atoms with Crippen LogP contribution in [0, 0.1) is 0 Å². The van der Waals surface area contributed by atoms with Crippen molar-refractivity contribution in [3.05, 3.63) is 133 Å². The fraction of sp³-hybridized carbons (Fsp3) is 0.182. The molecule has 0 unspecified atom stereocenters. The summed E-state index contributed by atoms with van der Waals surface area (Å²) in [6.07, 6.45) is 4.32. The second-order valence-corrected chi connectivity index (χ2v) is 12.9. The van der Waals surface area contributed by atoms with Gasteiger partial charge in [0.05, 0.1) is 0 Å². The highest BCUT2D eigenvalue weighted by Gasteiger charge is 2.53. The van der Waals surface area contributed by atoms with E-state index in [0.717, 1.165) is 30.3 Å². The van der Waals surface area contributed by atoms with E-state index in [9.17, 15) is 0 Å². The maximum Gasteiger partial charge on any atom is 0.261 e. The van der Waals surface area contributed by atoms with Crippen LogP contribution in [0.1, 0.15) is 30.7 Å². The molecule has 5 aromatic rings. The average Bonchev–Trinajstić information content (AvgIpc) is 3.40. The Morgan fingerprint density at radius 2 is 1.05 bits per heavy atom. The van der Waals surface area contributed by atoms with Gasteiger partial charge in [0.25, 0.3) is 11.3 Å². The first-order chi connectivity index (χ1) is 18.4. The lowest BCUT2D eigenvalue weighted by molar-refractivity contribution is 0.471. The predicted octanol–water partition coefficient (Wildman–Crippen LogP) is 5.88. The molecule has 0 amide bonds. The minimum atomic E-state index is -2.34. The predicted molar refractivity (Wildman–Crippen MR) is 157 cm³/mol. The van der Waals surface area contributed by atoms with Crippen molar-refractivity contribution in [3.8, 4) is 0 Å². The van der Waals surface area contributed by atoms with Crippen molar-refractivity contribution >= 4 is 34.5 Å². The summed E-state index contributed by atoms with van der Waals surface area (Å²) >= 11 is 0. The van der Waals surface area contributed by atoms with Crippen LogP contribution in [0.3, 0.4) is 0 Å². The summed E-state index contributed by atoms with van der Waals surface area (Å²) in [7, 11) is -2.34. The van der Waals surface area contributed by atoms with Crippen LogP contribution in [0.5, 0.6) is 0 Å². The lowest BCUT2D eigenvalue weighted by Gasteiger charge is -2.30. The number of benzene rings is 4. The molecule has 0 atom stereocenters. The average molecular weight is 504 g/mol. The Kier molecular flexibility index (Phi) is 6.88. The summed E-state index contributed by atoms with van der Waals surface area (Å²) in [6, 6.07) is 43.4. The second-order valence-electron chi connectivity index (χ2n) is 9.62. The van der Waals surface area contributed by atoms with Crippen LogP contribution >= 0.6 is 7.26 Å². The molecule has 0 bridgehead atoms. The smallest absolute Gasteiger partial charge is 0.261 e. The van der Waals surface area contributed by atoms with Crippen LogP contribution in [-0.4, -0.2) is 18.1 Å². The van der Waals surface area contributed by atoms with Gasteiger partial charge in [-0.05, 0) is 61.2 Å².